The Kier molecular flexibility index (Phi) is 13.1. The fourth-order valence-electron chi connectivity index (χ4n) is 2.04. The van der Waals surface area contributed by atoms with Gasteiger partial charge in [-0.05, 0) is 13.3 Å². The van der Waals surface area contributed by atoms with Crippen LogP contribution in [0, 0.1) is 6.58 Å². The van der Waals surface area contributed by atoms with Crippen molar-refractivity contribution in [3.63, 3.8) is 0 Å². The summed E-state index contributed by atoms with van der Waals surface area (Å²) in [6, 6.07) is 0. The zero-order valence-electron chi connectivity index (χ0n) is 12.9. The number of carbonyl (C=O) groups is 1. The number of rotatable bonds is 13. The van der Waals surface area contributed by atoms with Gasteiger partial charge in [0.25, 0.3) is 0 Å². The lowest BCUT2D eigenvalue weighted by Gasteiger charge is -2.04. The van der Waals surface area contributed by atoms with Crippen LogP contribution in [0.3, 0.4) is 0 Å². The second-order valence-electron chi connectivity index (χ2n) is 5.35. The summed E-state index contributed by atoms with van der Waals surface area (Å²) in [5.74, 6) is -0.368. The fourth-order valence-corrected chi connectivity index (χ4v) is 2.04. The molecule has 0 aliphatic rings. The lowest BCUT2D eigenvalue weighted by Crippen LogP contribution is -2.06. The van der Waals surface area contributed by atoms with Crippen molar-refractivity contribution in [2.24, 2.45) is 0 Å². The van der Waals surface area contributed by atoms with Crippen LogP contribution < -0.4 is 0 Å². The number of hydrogen-bond donors (Lipinski definition) is 0. The Balaban J connectivity index is 3.07. The predicted molar refractivity (Wildman–Crippen MR) is 80.9 cm³/mol. The van der Waals surface area contributed by atoms with Crippen molar-refractivity contribution in [3.05, 3.63) is 12.2 Å². The number of ether oxygens (including phenoxy) is 1. The molecule has 1 radical (unpaired) electrons. The fraction of sp³-hybridized carbons (Fsp3) is 0.824. The molecule has 0 aromatic heterocycles. The summed E-state index contributed by atoms with van der Waals surface area (Å²) >= 11 is 0. The van der Waals surface area contributed by atoms with Crippen LogP contribution in [0.25, 0.3) is 0 Å². The molecule has 0 aromatic rings. The third kappa shape index (κ3) is 13.4. The van der Waals surface area contributed by atoms with Crippen molar-refractivity contribution in [2.75, 3.05) is 6.61 Å². The summed E-state index contributed by atoms with van der Waals surface area (Å²) in [4.78, 5) is 11.0. The molecule has 0 aliphatic carbocycles. The van der Waals surface area contributed by atoms with Crippen LogP contribution in [0.5, 0.6) is 0 Å². The number of esters is 1. The molecule has 111 valence electrons. The topological polar surface area (TPSA) is 26.3 Å². The summed E-state index contributed by atoms with van der Waals surface area (Å²) in [6.07, 6.45) is 14.3. The first-order valence-corrected chi connectivity index (χ1v) is 7.94. The van der Waals surface area contributed by atoms with Gasteiger partial charge < -0.3 is 4.74 Å². The summed E-state index contributed by atoms with van der Waals surface area (Å²) in [6.45, 7) is 9.65. The minimum atomic E-state index is -0.368. The molecule has 0 fully saturated rings. The van der Waals surface area contributed by atoms with Gasteiger partial charge in [-0.1, -0.05) is 77.7 Å². The second-order valence-corrected chi connectivity index (χ2v) is 5.35. The van der Waals surface area contributed by atoms with Crippen LogP contribution in [0.2, 0.25) is 0 Å². The van der Waals surface area contributed by atoms with E-state index in [-0.39, 0.29) is 11.5 Å². The average molecular weight is 267 g/mol. The summed E-state index contributed by atoms with van der Waals surface area (Å²) < 4.78 is 4.99. The first-order valence-electron chi connectivity index (χ1n) is 7.94. The monoisotopic (exact) mass is 267 g/mol. The molecular formula is C17H31O2. The lowest BCUT2D eigenvalue weighted by molar-refractivity contribution is -0.139. The van der Waals surface area contributed by atoms with E-state index in [2.05, 4.69) is 6.92 Å². The molecule has 0 amide bonds. The van der Waals surface area contributed by atoms with Crippen LogP contribution in [0.4, 0.5) is 0 Å². The van der Waals surface area contributed by atoms with Crippen LogP contribution >= 0.6 is 0 Å². The van der Waals surface area contributed by atoms with Gasteiger partial charge in [0.05, 0.1) is 6.61 Å². The second kappa shape index (κ2) is 13.6. The standard InChI is InChI=1S/C17H31O2/c1-4-5-6-7-8-9-10-11-12-13-14-15-19-17(18)16(2)3/h2H,4-15H2,1,3H3. The lowest BCUT2D eigenvalue weighted by atomic mass is 10.1. The molecule has 2 heteroatoms. The van der Waals surface area contributed by atoms with Crippen molar-refractivity contribution in [3.8, 4) is 0 Å². The summed E-state index contributed by atoms with van der Waals surface area (Å²) in [7, 11) is 0. The van der Waals surface area contributed by atoms with Crippen LogP contribution in [0.1, 0.15) is 84.5 Å². The molecule has 0 saturated carbocycles. The number of hydrogen-bond acceptors (Lipinski definition) is 2. The van der Waals surface area contributed by atoms with Crippen LogP contribution in [-0.4, -0.2) is 12.6 Å². The highest BCUT2D eigenvalue weighted by Gasteiger charge is 2.01. The third-order valence-corrected chi connectivity index (χ3v) is 3.30. The Morgan fingerprint density at radius 3 is 1.68 bits per heavy atom. The van der Waals surface area contributed by atoms with Gasteiger partial charge in [-0.15, -0.1) is 0 Å². The van der Waals surface area contributed by atoms with E-state index in [9.17, 15) is 4.79 Å². The Morgan fingerprint density at radius 2 is 1.26 bits per heavy atom. The molecular weight excluding hydrogens is 236 g/mol. The van der Waals surface area contributed by atoms with E-state index < -0.39 is 0 Å². The first-order chi connectivity index (χ1) is 9.18. The zero-order chi connectivity index (χ0) is 14.3. The Labute approximate surface area is 119 Å². The van der Waals surface area contributed by atoms with Crippen LogP contribution in [0.15, 0.2) is 5.57 Å². The zero-order valence-corrected chi connectivity index (χ0v) is 12.9. The predicted octanol–water partition coefficient (Wildman–Crippen LogP) is 5.22. The molecule has 0 N–H and O–H groups in total. The van der Waals surface area contributed by atoms with Gasteiger partial charge in [0.2, 0.25) is 0 Å². The summed E-state index contributed by atoms with van der Waals surface area (Å²) in [5.41, 5.74) is 0.239. The van der Waals surface area contributed by atoms with Gasteiger partial charge in [-0.25, -0.2) is 4.79 Å². The molecule has 0 unspecified atom stereocenters. The van der Waals surface area contributed by atoms with Crippen molar-refractivity contribution in [1.29, 1.82) is 0 Å². The van der Waals surface area contributed by atoms with E-state index in [4.69, 9.17) is 11.3 Å². The van der Waals surface area contributed by atoms with Crippen molar-refractivity contribution < 1.29 is 9.53 Å². The third-order valence-electron chi connectivity index (χ3n) is 3.30. The Hall–Kier alpha value is -0.790. The molecule has 0 saturated heterocycles. The Morgan fingerprint density at radius 1 is 0.842 bits per heavy atom. The maximum absolute atomic E-state index is 11.0. The van der Waals surface area contributed by atoms with Crippen molar-refractivity contribution in [1.82, 2.24) is 0 Å². The van der Waals surface area contributed by atoms with Gasteiger partial charge in [0.15, 0.2) is 0 Å². The van der Waals surface area contributed by atoms with E-state index in [0.29, 0.717) is 6.61 Å². The van der Waals surface area contributed by atoms with Gasteiger partial charge in [0.1, 0.15) is 0 Å². The molecule has 0 rings (SSSR count). The minimum Gasteiger partial charge on any atom is -0.462 e. The van der Waals surface area contributed by atoms with E-state index in [1.54, 1.807) is 6.92 Å². The van der Waals surface area contributed by atoms with Crippen LogP contribution in [-0.2, 0) is 9.53 Å². The van der Waals surface area contributed by atoms with Gasteiger partial charge in [-0.2, -0.15) is 0 Å². The smallest absolute Gasteiger partial charge is 0.333 e. The first kappa shape index (κ1) is 18.2. The van der Waals surface area contributed by atoms with Gasteiger partial charge in [-0.3, -0.25) is 0 Å². The SMILES string of the molecule is [CH]=C(C)C(=O)OCCCCCCCCCCCCC. The highest BCUT2D eigenvalue weighted by molar-refractivity contribution is 5.86. The molecule has 0 atom stereocenters. The number of unbranched alkanes of at least 4 members (excludes halogenated alkanes) is 10. The molecule has 0 aliphatic heterocycles. The maximum Gasteiger partial charge on any atom is 0.333 e. The van der Waals surface area contributed by atoms with E-state index in [1.165, 1.54) is 57.8 Å². The normalized spacial score (nSPS) is 10.4. The molecule has 0 heterocycles. The number of carbonyl (C=O) groups excluding carboxylic acids is 1. The molecule has 2 nitrogen and oxygen atoms in total. The molecule has 0 spiro atoms. The van der Waals surface area contributed by atoms with E-state index >= 15 is 0 Å². The average Bonchev–Trinajstić information content (AvgIpc) is 2.39. The highest BCUT2D eigenvalue weighted by Crippen LogP contribution is 2.11. The highest BCUT2D eigenvalue weighted by atomic mass is 16.5. The maximum atomic E-state index is 11.0. The Bertz CT molecular complexity index is 233. The summed E-state index contributed by atoms with van der Waals surface area (Å²) in [5, 5.41) is 0. The van der Waals surface area contributed by atoms with E-state index in [1.807, 2.05) is 0 Å². The van der Waals surface area contributed by atoms with Crippen molar-refractivity contribution in [2.45, 2.75) is 84.5 Å². The minimum absolute atomic E-state index is 0.239. The molecule has 0 aromatic carbocycles. The largest absolute Gasteiger partial charge is 0.462 e. The van der Waals surface area contributed by atoms with Crippen molar-refractivity contribution >= 4 is 5.97 Å². The molecule has 0 bridgehead atoms. The quantitative estimate of drug-likeness (QED) is 0.260. The molecule has 19 heavy (non-hydrogen) atoms. The van der Waals surface area contributed by atoms with Gasteiger partial charge in [0, 0.05) is 5.57 Å². The van der Waals surface area contributed by atoms with E-state index in [0.717, 1.165) is 12.8 Å². The van der Waals surface area contributed by atoms with Gasteiger partial charge >= 0.3 is 5.97 Å².